The Bertz CT molecular complexity index is 697. The summed E-state index contributed by atoms with van der Waals surface area (Å²) in [6.07, 6.45) is 0. The molecule has 21 heavy (non-hydrogen) atoms. The number of nitrogens with zero attached hydrogens (tertiary/aromatic N) is 2. The molecule has 1 aromatic heterocycles. The van der Waals surface area contributed by atoms with Crippen LogP contribution in [0.5, 0.6) is 0 Å². The van der Waals surface area contributed by atoms with Crippen LogP contribution in [0.1, 0.15) is 19.7 Å². The van der Waals surface area contributed by atoms with E-state index in [1.165, 1.54) is 12.1 Å². The molecule has 114 valence electrons. The molecule has 7 heteroatoms. The molecule has 0 unspecified atom stereocenters. The highest BCUT2D eigenvalue weighted by molar-refractivity contribution is 6.31. The summed E-state index contributed by atoms with van der Waals surface area (Å²) in [7, 11) is 1.58. The van der Waals surface area contributed by atoms with Crippen LogP contribution in [0.3, 0.4) is 0 Å². The highest BCUT2D eigenvalue weighted by atomic mass is 35.5. The Morgan fingerprint density at radius 1 is 1.48 bits per heavy atom. The monoisotopic (exact) mass is 331 g/mol. The van der Waals surface area contributed by atoms with E-state index in [0.29, 0.717) is 23.4 Å². The highest BCUT2D eigenvalue weighted by Gasteiger charge is 2.29. The van der Waals surface area contributed by atoms with Crippen molar-refractivity contribution >= 4 is 40.1 Å². The maximum absolute atomic E-state index is 13.7. The highest BCUT2D eigenvalue weighted by Crippen LogP contribution is 2.28. The van der Waals surface area contributed by atoms with Crippen molar-refractivity contribution in [2.75, 3.05) is 7.05 Å². The standard InChI is InChI=1S/C14H16Cl2FN3O/c1-14(2,13(21)18-3)7-20-11-5-9(17)8(16)4-10(11)19-12(20)6-15/h4-5H,6-7H2,1-3H3,(H,18,21). The number of alkyl halides is 1. The SMILES string of the molecule is CNC(=O)C(C)(C)Cn1c(CCl)nc2cc(Cl)c(F)cc21. The minimum absolute atomic E-state index is 0.0128. The number of carbonyl (C=O) groups excluding carboxylic acids is 1. The van der Waals surface area contributed by atoms with E-state index in [0.717, 1.165) is 0 Å². The Hall–Kier alpha value is -1.33. The number of carbonyl (C=O) groups is 1. The van der Waals surface area contributed by atoms with Gasteiger partial charge in [-0.1, -0.05) is 11.6 Å². The topological polar surface area (TPSA) is 46.9 Å². The summed E-state index contributed by atoms with van der Waals surface area (Å²) in [5.41, 5.74) is 0.452. The fourth-order valence-corrected chi connectivity index (χ4v) is 2.62. The molecule has 0 aliphatic rings. The van der Waals surface area contributed by atoms with Crippen LogP contribution in [0.2, 0.25) is 5.02 Å². The van der Waals surface area contributed by atoms with Crippen LogP contribution in [0.25, 0.3) is 11.0 Å². The number of aromatic nitrogens is 2. The first-order chi connectivity index (χ1) is 9.80. The van der Waals surface area contributed by atoms with Gasteiger partial charge in [0.25, 0.3) is 0 Å². The van der Waals surface area contributed by atoms with E-state index in [2.05, 4.69) is 10.3 Å². The zero-order chi connectivity index (χ0) is 15.8. The summed E-state index contributed by atoms with van der Waals surface area (Å²) in [5, 5.41) is 2.64. The molecule has 1 amide bonds. The molecule has 2 rings (SSSR count). The number of rotatable bonds is 4. The van der Waals surface area contributed by atoms with Crippen LogP contribution in [-0.4, -0.2) is 22.5 Å². The molecule has 4 nitrogen and oxygen atoms in total. The zero-order valence-corrected chi connectivity index (χ0v) is 13.5. The Balaban J connectivity index is 2.56. The van der Waals surface area contributed by atoms with E-state index in [9.17, 15) is 9.18 Å². The summed E-state index contributed by atoms with van der Waals surface area (Å²) >= 11 is 11.7. The van der Waals surface area contributed by atoms with Crippen LogP contribution < -0.4 is 5.32 Å². The van der Waals surface area contributed by atoms with E-state index in [1.54, 1.807) is 11.6 Å². The largest absolute Gasteiger partial charge is 0.359 e. The normalized spacial score (nSPS) is 11.9. The van der Waals surface area contributed by atoms with Gasteiger partial charge in [0.2, 0.25) is 5.91 Å². The van der Waals surface area contributed by atoms with Crippen LogP contribution in [0, 0.1) is 11.2 Å². The molecule has 0 saturated carbocycles. The lowest BCUT2D eigenvalue weighted by molar-refractivity contribution is -0.129. The van der Waals surface area contributed by atoms with Crippen molar-refractivity contribution in [3.8, 4) is 0 Å². The second kappa shape index (κ2) is 5.81. The van der Waals surface area contributed by atoms with Crippen LogP contribution in [0.15, 0.2) is 12.1 Å². The first kappa shape index (κ1) is 16.0. The lowest BCUT2D eigenvalue weighted by atomic mass is 9.92. The van der Waals surface area contributed by atoms with E-state index < -0.39 is 11.2 Å². The third-order valence-corrected chi connectivity index (χ3v) is 3.91. The summed E-state index contributed by atoms with van der Waals surface area (Å²) in [6.45, 7) is 3.95. The zero-order valence-electron chi connectivity index (χ0n) is 12.0. The Morgan fingerprint density at radius 2 is 2.14 bits per heavy atom. The summed E-state index contributed by atoms with van der Waals surface area (Å²) < 4.78 is 15.5. The van der Waals surface area contributed by atoms with Gasteiger partial charge in [0, 0.05) is 19.7 Å². The lowest BCUT2D eigenvalue weighted by Gasteiger charge is -2.24. The first-order valence-electron chi connectivity index (χ1n) is 6.42. The Kier molecular flexibility index (Phi) is 4.44. The number of benzene rings is 1. The minimum Gasteiger partial charge on any atom is -0.359 e. The number of amides is 1. The number of imidazole rings is 1. The van der Waals surface area contributed by atoms with Crippen molar-refractivity contribution in [3.05, 3.63) is 28.8 Å². The predicted molar refractivity (Wildman–Crippen MR) is 82.1 cm³/mol. The smallest absolute Gasteiger partial charge is 0.227 e. The lowest BCUT2D eigenvalue weighted by Crippen LogP contribution is -2.38. The van der Waals surface area contributed by atoms with Crippen LogP contribution in [0.4, 0.5) is 4.39 Å². The van der Waals surface area contributed by atoms with Crippen molar-refractivity contribution in [1.82, 2.24) is 14.9 Å². The third-order valence-electron chi connectivity index (χ3n) is 3.38. The summed E-state index contributed by atoms with van der Waals surface area (Å²) in [5.74, 6) is 0.103. The number of hydrogen-bond acceptors (Lipinski definition) is 2. The molecular weight excluding hydrogens is 316 g/mol. The molecule has 0 saturated heterocycles. The van der Waals surface area contributed by atoms with Crippen molar-refractivity contribution < 1.29 is 9.18 Å². The van der Waals surface area contributed by atoms with Gasteiger partial charge in [0.05, 0.1) is 27.4 Å². The fourth-order valence-electron chi connectivity index (χ4n) is 2.25. The first-order valence-corrected chi connectivity index (χ1v) is 7.33. The average Bonchev–Trinajstić information content (AvgIpc) is 2.75. The van der Waals surface area contributed by atoms with Gasteiger partial charge in [-0.3, -0.25) is 4.79 Å². The molecule has 0 atom stereocenters. The number of halogens is 3. The minimum atomic E-state index is -0.681. The molecule has 0 aliphatic carbocycles. The molecular formula is C14H16Cl2FN3O. The van der Waals surface area contributed by atoms with Gasteiger partial charge in [-0.25, -0.2) is 9.37 Å². The van der Waals surface area contributed by atoms with Gasteiger partial charge < -0.3 is 9.88 Å². The molecule has 0 fully saturated rings. The van der Waals surface area contributed by atoms with E-state index in [1.807, 2.05) is 13.8 Å². The van der Waals surface area contributed by atoms with Crippen molar-refractivity contribution in [1.29, 1.82) is 0 Å². The van der Waals surface area contributed by atoms with E-state index in [4.69, 9.17) is 23.2 Å². The second-order valence-electron chi connectivity index (χ2n) is 5.47. The molecule has 0 radical (unpaired) electrons. The van der Waals surface area contributed by atoms with Gasteiger partial charge in [-0.05, 0) is 19.9 Å². The van der Waals surface area contributed by atoms with Gasteiger partial charge in [0.1, 0.15) is 11.6 Å². The van der Waals surface area contributed by atoms with Crippen LogP contribution in [-0.2, 0) is 17.2 Å². The second-order valence-corrected chi connectivity index (χ2v) is 6.14. The third kappa shape index (κ3) is 2.99. The van der Waals surface area contributed by atoms with Gasteiger partial charge in [0.15, 0.2) is 0 Å². The maximum atomic E-state index is 13.7. The Labute approximate surface area is 132 Å². The Morgan fingerprint density at radius 3 is 2.71 bits per heavy atom. The molecule has 0 spiro atoms. The van der Waals surface area contributed by atoms with Crippen LogP contribution >= 0.6 is 23.2 Å². The van der Waals surface area contributed by atoms with Gasteiger partial charge in [-0.15, -0.1) is 11.6 Å². The van der Waals surface area contributed by atoms with E-state index in [-0.39, 0.29) is 16.8 Å². The number of fused-ring (bicyclic) bond motifs is 1. The molecule has 1 heterocycles. The van der Waals surface area contributed by atoms with E-state index >= 15 is 0 Å². The van der Waals surface area contributed by atoms with Crippen molar-refractivity contribution in [2.45, 2.75) is 26.3 Å². The fraction of sp³-hybridized carbons (Fsp3) is 0.429. The molecule has 1 N–H and O–H groups in total. The molecule has 0 bridgehead atoms. The van der Waals surface area contributed by atoms with Gasteiger partial charge >= 0.3 is 0 Å². The van der Waals surface area contributed by atoms with Crippen molar-refractivity contribution in [3.63, 3.8) is 0 Å². The molecule has 2 aromatic rings. The average molecular weight is 332 g/mol. The summed E-state index contributed by atoms with van der Waals surface area (Å²) in [4.78, 5) is 16.3. The molecule has 1 aromatic carbocycles. The van der Waals surface area contributed by atoms with Crippen molar-refractivity contribution in [2.24, 2.45) is 5.41 Å². The maximum Gasteiger partial charge on any atom is 0.227 e. The quantitative estimate of drug-likeness (QED) is 0.873. The predicted octanol–water partition coefficient (Wildman–Crippen LogP) is 3.34. The van der Waals surface area contributed by atoms with Gasteiger partial charge in [-0.2, -0.15) is 0 Å². The number of hydrogen-bond donors (Lipinski definition) is 1. The molecule has 0 aliphatic heterocycles. The summed E-state index contributed by atoms with van der Waals surface area (Å²) in [6, 6.07) is 2.78. The number of nitrogens with one attached hydrogen (secondary N) is 1.